The molecular weight excluding hydrogens is 542 g/mol. The van der Waals surface area contributed by atoms with Crippen molar-refractivity contribution in [2.75, 3.05) is 20.3 Å². The number of hydrogen-bond acceptors (Lipinski definition) is 6. The number of nitrogens with one attached hydrogen (secondary N) is 3. The predicted molar refractivity (Wildman–Crippen MR) is 123 cm³/mol. The number of carbonyl (C=O) groups is 2. The lowest BCUT2D eigenvalue weighted by atomic mass is 10.2. The topological polar surface area (TPSA) is 97.9 Å². The van der Waals surface area contributed by atoms with Crippen LogP contribution in [-0.2, 0) is 9.59 Å². The van der Waals surface area contributed by atoms with Crippen LogP contribution in [-0.4, -0.2) is 37.3 Å². The second-order valence-electron chi connectivity index (χ2n) is 5.81. The number of halogens is 2. The first-order chi connectivity index (χ1) is 14.3. The highest BCUT2D eigenvalue weighted by molar-refractivity contribution is 9.11. The molecular formula is C19H19Br2N3O5S. The standard InChI is InChI=1S/C19H19Br2N3O5S/c1-11-7-12(20)8-13(21)18(11)29-9-16(25)22-19(30)24-23-17(26)10-28-15-6-4-3-5-14(15)27-2/h3-8H,9-10H2,1-2H3,(H,23,26)(H2,22,24,25,30). The molecule has 0 heterocycles. The molecule has 2 amide bonds. The summed E-state index contributed by atoms with van der Waals surface area (Å²) in [6.07, 6.45) is 0. The summed E-state index contributed by atoms with van der Waals surface area (Å²) in [7, 11) is 1.51. The summed E-state index contributed by atoms with van der Waals surface area (Å²) in [6.45, 7) is 1.33. The van der Waals surface area contributed by atoms with Gasteiger partial charge < -0.3 is 14.2 Å². The largest absolute Gasteiger partial charge is 0.493 e. The van der Waals surface area contributed by atoms with E-state index in [2.05, 4.69) is 48.0 Å². The Morgan fingerprint density at radius 1 is 1.00 bits per heavy atom. The van der Waals surface area contributed by atoms with Crippen LogP contribution in [0.1, 0.15) is 5.56 Å². The van der Waals surface area contributed by atoms with E-state index in [9.17, 15) is 9.59 Å². The van der Waals surface area contributed by atoms with E-state index in [1.807, 2.05) is 19.1 Å². The summed E-state index contributed by atoms with van der Waals surface area (Å²) in [5.74, 6) is 0.504. The molecule has 2 rings (SSSR count). The summed E-state index contributed by atoms with van der Waals surface area (Å²) >= 11 is 11.7. The summed E-state index contributed by atoms with van der Waals surface area (Å²) in [5, 5.41) is 2.32. The molecule has 2 aromatic rings. The zero-order valence-corrected chi connectivity index (χ0v) is 20.1. The molecule has 0 saturated carbocycles. The molecule has 0 aliphatic rings. The number of rotatable bonds is 7. The molecule has 0 radical (unpaired) electrons. The first-order valence-electron chi connectivity index (χ1n) is 8.53. The number of benzene rings is 2. The fraction of sp³-hybridized carbons (Fsp3) is 0.211. The minimum Gasteiger partial charge on any atom is -0.493 e. The fourth-order valence-corrected chi connectivity index (χ4v) is 3.97. The maximum Gasteiger partial charge on any atom is 0.276 e. The molecule has 0 spiro atoms. The van der Waals surface area contributed by atoms with Crippen LogP contribution in [0.2, 0.25) is 0 Å². The number of para-hydroxylation sites is 2. The second-order valence-corrected chi connectivity index (χ2v) is 7.99. The van der Waals surface area contributed by atoms with Crippen molar-refractivity contribution in [3.05, 3.63) is 50.9 Å². The van der Waals surface area contributed by atoms with Gasteiger partial charge in [0.05, 0.1) is 11.6 Å². The number of amides is 2. The minimum atomic E-state index is -0.497. The average molecular weight is 561 g/mol. The van der Waals surface area contributed by atoms with Crippen LogP contribution < -0.4 is 30.4 Å². The van der Waals surface area contributed by atoms with Gasteiger partial charge in [-0.15, -0.1) is 0 Å². The quantitative estimate of drug-likeness (QED) is 0.354. The second kappa shape index (κ2) is 11.7. The molecule has 0 aromatic heterocycles. The van der Waals surface area contributed by atoms with Gasteiger partial charge in [-0.3, -0.25) is 25.8 Å². The first-order valence-corrected chi connectivity index (χ1v) is 10.5. The number of methoxy groups -OCH3 is 1. The van der Waals surface area contributed by atoms with E-state index in [1.165, 1.54) is 7.11 Å². The van der Waals surface area contributed by atoms with Crippen LogP contribution in [0.3, 0.4) is 0 Å². The lowest BCUT2D eigenvalue weighted by molar-refractivity contribution is -0.124. The van der Waals surface area contributed by atoms with Crippen LogP contribution in [0.25, 0.3) is 0 Å². The molecule has 0 fully saturated rings. The Hall–Kier alpha value is -2.37. The Bertz CT molecular complexity index is 919. The van der Waals surface area contributed by atoms with E-state index in [1.54, 1.807) is 24.3 Å². The van der Waals surface area contributed by atoms with Crippen LogP contribution in [0.4, 0.5) is 0 Å². The Morgan fingerprint density at radius 2 is 1.67 bits per heavy atom. The van der Waals surface area contributed by atoms with Gasteiger partial charge in [0, 0.05) is 4.47 Å². The van der Waals surface area contributed by atoms with Gasteiger partial charge in [-0.2, -0.15) is 0 Å². The first kappa shape index (κ1) is 23.9. The lowest BCUT2D eigenvalue weighted by Gasteiger charge is -2.14. The highest BCUT2D eigenvalue weighted by Crippen LogP contribution is 2.32. The normalized spacial score (nSPS) is 10.0. The van der Waals surface area contributed by atoms with Crippen molar-refractivity contribution in [2.45, 2.75) is 6.92 Å². The van der Waals surface area contributed by atoms with E-state index in [-0.39, 0.29) is 18.3 Å². The third-order valence-electron chi connectivity index (χ3n) is 3.54. The number of thiocarbonyl (C=S) groups is 1. The van der Waals surface area contributed by atoms with Gasteiger partial charge in [0.15, 0.2) is 29.8 Å². The Kier molecular flexibility index (Phi) is 9.34. The van der Waals surface area contributed by atoms with Gasteiger partial charge >= 0.3 is 0 Å². The average Bonchev–Trinajstić information content (AvgIpc) is 2.70. The third kappa shape index (κ3) is 7.47. The molecule has 0 bridgehead atoms. The van der Waals surface area contributed by atoms with Crippen LogP contribution in [0, 0.1) is 6.92 Å². The fourth-order valence-electron chi connectivity index (χ4n) is 2.25. The summed E-state index contributed by atoms with van der Waals surface area (Å²) in [5.41, 5.74) is 5.61. The van der Waals surface area contributed by atoms with Crippen molar-refractivity contribution in [3.8, 4) is 17.2 Å². The molecule has 11 heteroatoms. The molecule has 30 heavy (non-hydrogen) atoms. The van der Waals surface area contributed by atoms with Gasteiger partial charge in [-0.05, 0) is 64.9 Å². The summed E-state index contributed by atoms with van der Waals surface area (Å²) < 4.78 is 17.7. The van der Waals surface area contributed by atoms with Crippen molar-refractivity contribution in [1.29, 1.82) is 0 Å². The van der Waals surface area contributed by atoms with Crippen molar-refractivity contribution < 1.29 is 23.8 Å². The van der Waals surface area contributed by atoms with Gasteiger partial charge in [0.1, 0.15) is 5.75 Å². The number of aryl methyl sites for hydroxylation is 1. The number of carbonyl (C=O) groups excluding carboxylic acids is 2. The molecule has 160 valence electrons. The van der Waals surface area contributed by atoms with Gasteiger partial charge in [-0.25, -0.2) is 0 Å². The third-order valence-corrected chi connectivity index (χ3v) is 4.79. The van der Waals surface area contributed by atoms with Gasteiger partial charge in [-0.1, -0.05) is 28.1 Å². The molecule has 3 N–H and O–H groups in total. The highest BCUT2D eigenvalue weighted by atomic mass is 79.9. The molecule has 0 atom stereocenters. The molecule has 8 nitrogen and oxygen atoms in total. The Balaban J connectivity index is 1.72. The zero-order valence-electron chi connectivity index (χ0n) is 16.1. The van der Waals surface area contributed by atoms with E-state index in [4.69, 9.17) is 26.4 Å². The summed E-state index contributed by atoms with van der Waals surface area (Å²) in [4.78, 5) is 23.9. The SMILES string of the molecule is COc1ccccc1OCC(=O)NNC(=S)NC(=O)COc1c(C)cc(Br)cc1Br. The molecule has 0 unspecified atom stereocenters. The van der Waals surface area contributed by atoms with Crippen LogP contribution in [0.5, 0.6) is 17.2 Å². The van der Waals surface area contributed by atoms with E-state index in [0.29, 0.717) is 21.7 Å². The molecule has 0 saturated heterocycles. The monoisotopic (exact) mass is 559 g/mol. The minimum absolute atomic E-state index is 0.0826. The summed E-state index contributed by atoms with van der Waals surface area (Å²) in [6, 6.07) is 10.6. The molecule has 2 aromatic carbocycles. The Morgan fingerprint density at radius 3 is 2.33 bits per heavy atom. The van der Waals surface area contributed by atoms with E-state index in [0.717, 1.165) is 10.0 Å². The molecule has 0 aliphatic carbocycles. The van der Waals surface area contributed by atoms with Gasteiger partial charge in [0.25, 0.3) is 11.8 Å². The van der Waals surface area contributed by atoms with Crippen molar-refractivity contribution in [1.82, 2.24) is 16.2 Å². The number of hydrazine groups is 1. The zero-order chi connectivity index (χ0) is 22.1. The maximum atomic E-state index is 12.0. The van der Waals surface area contributed by atoms with Gasteiger partial charge in [0.2, 0.25) is 0 Å². The smallest absolute Gasteiger partial charge is 0.276 e. The van der Waals surface area contributed by atoms with Crippen molar-refractivity contribution >= 4 is 61.0 Å². The van der Waals surface area contributed by atoms with Crippen LogP contribution >= 0.6 is 44.1 Å². The van der Waals surface area contributed by atoms with Crippen LogP contribution in [0.15, 0.2) is 45.3 Å². The highest BCUT2D eigenvalue weighted by Gasteiger charge is 2.12. The lowest BCUT2D eigenvalue weighted by Crippen LogP contribution is -2.50. The number of ether oxygens (including phenoxy) is 3. The maximum absolute atomic E-state index is 12.0. The molecule has 0 aliphatic heterocycles. The van der Waals surface area contributed by atoms with Crippen molar-refractivity contribution in [3.63, 3.8) is 0 Å². The van der Waals surface area contributed by atoms with Crippen molar-refractivity contribution in [2.24, 2.45) is 0 Å². The number of hydrogen-bond donors (Lipinski definition) is 3. The van der Waals surface area contributed by atoms with E-state index >= 15 is 0 Å². The Labute approximate surface area is 195 Å². The predicted octanol–water partition coefficient (Wildman–Crippen LogP) is 3.01. The van der Waals surface area contributed by atoms with E-state index < -0.39 is 11.8 Å².